The molecule has 0 saturated heterocycles. The molecule has 0 aliphatic heterocycles. The Bertz CT molecular complexity index is 785. The highest BCUT2D eigenvalue weighted by Gasteiger charge is 2.27. The molecule has 2 aromatic rings. The van der Waals surface area contributed by atoms with Crippen molar-refractivity contribution in [2.75, 3.05) is 11.9 Å². The van der Waals surface area contributed by atoms with E-state index in [9.17, 15) is 9.59 Å². The van der Waals surface area contributed by atoms with Gasteiger partial charge in [-0.15, -0.1) is 11.3 Å². The summed E-state index contributed by atoms with van der Waals surface area (Å²) in [7, 11) is 0. The van der Waals surface area contributed by atoms with Gasteiger partial charge in [-0.2, -0.15) is 0 Å². The van der Waals surface area contributed by atoms with Crippen molar-refractivity contribution in [1.82, 2.24) is 0 Å². The standard InChI is InChI=1S/C18H18BrNO3S/c1-2-23-18(22)15-12-8-4-6-10-14(12)24-17(15)20-16(21)11-7-3-5-9-13(11)19/h3,5,7,9H,2,4,6,8,10H2,1H3,(H,20,21). The van der Waals surface area contributed by atoms with Crippen molar-refractivity contribution in [2.24, 2.45) is 0 Å². The highest BCUT2D eigenvalue weighted by Crippen LogP contribution is 2.39. The number of ether oxygens (including phenoxy) is 1. The van der Waals surface area contributed by atoms with Gasteiger partial charge in [0.15, 0.2) is 0 Å². The van der Waals surface area contributed by atoms with Gasteiger partial charge in [0.05, 0.1) is 17.7 Å². The minimum Gasteiger partial charge on any atom is -0.462 e. The van der Waals surface area contributed by atoms with Crippen LogP contribution in [0, 0.1) is 0 Å². The number of nitrogens with one attached hydrogen (secondary N) is 1. The number of carbonyl (C=O) groups excluding carboxylic acids is 2. The molecule has 0 atom stereocenters. The van der Waals surface area contributed by atoms with Gasteiger partial charge in [0.25, 0.3) is 5.91 Å². The van der Waals surface area contributed by atoms with Crippen molar-refractivity contribution >= 4 is 44.1 Å². The van der Waals surface area contributed by atoms with Gasteiger partial charge in [0.2, 0.25) is 0 Å². The Morgan fingerprint density at radius 1 is 1.25 bits per heavy atom. The van der Waals surface area contributed by atoms with Gasteiger partial charge in [-0.3, -0.25) is 4.79 Å². The van der Waals surface area contributed by atoms with Gasteiger partial charge in [-0.25, -0.2) is 4.79 Å². The second kappa shape index (κ2) is 7.49. The number of amides is 1. The van der Waals surface area contributed by atoms with E-state index >= 15 is 0 Å². The number of benzene rings is 1. The van der Waals surface area contributed by atoms with Gasteiger partial charge >= 0.3 is 5.97 Å². The average molecular weight is 408 g/mol. The molecule has 4 nitrogen and oxygen atoms in total. The SMILES string of the molecule is CCOC(=O)c1c(NC(=O)c2ccccc2Br)sc2c1CCCC2. The molecule has 0 saturated carbocycles. The number of hydrogen-bond acceptors (Lipinski definition) is 4. The topological polar surface area (TPSA) is 55.4 Å². The van der Waals surface area contributed by atoms with Gasteiger partial charge < -0.3 is 10.1 Å². The molecule has 1 aliphatic rings. The fourth-order valence-corrected chi connectivity index (χ4v) is 4.63. The molecule has 1 aliphatic carbocycles. The van der Waals surface area contributed by atoms with E-state index in [1.165, 1.54) is 16.2 Å². The van der Waals surface area contributed by atoms with Crippen molar-refractivity contribution in [2.45, 2.75) is 32.6 Å². The van der Waals surface area contributed by atoms with E-state index in [-0.39, 0.29) is 11.9 Å². The van der Waals surface area contributed by atoms with Crippen LogP contribution in [0.5, 0.6) is 0 Å². The number of aryl methyl sites for hydroxylation is 1. The van der Waals surface area contributed by atoms with E-state index in [4.69, 9.17) is 4.74 Å². The molecule has 1 amide bonds. The van der Waals surface area contributed by atoms with E-state index < -0.39 is 0 Å². The van der Waals surface area contributed by atoms with Crippen LogP contribution in [0.1, 0.15) is 50.9 Å². The van der Waals surface area contributed by atoms with Crippen LogP contribution in [0.2, 0.25) is 0 Å². The fourth-order valence-electron chi connectivity index (χ4n) is 2.89. The summed E-state index contributed by atoms with van der Waals surface area (Å²) in [6.07, 6.45) is 4.00. The molecule has 3 rings (SSSR count). The van der Waals surface area contributed by atoms with Crippen molar-refractivity contribution in [3.05, 3.63) is 50.3 Å². The maximum atomic E-state index is 12.6. The van der Waals surface area contributed by atoms with Crippen LogP contribution in [0.3, 0.4) is 0 Å². The van der Waals surface area contributed by atoms with Crippen LogP contribution in [0.25, 0.3) is 0 Å². The number of halogens is 1. The number of anilines is 1. The van der Waals surface area contributed by atoms with Crippen molar-refractivity contribution < 1.29 is 14.3 Å². The van der Waals surface area contributed by atoms with Gasteiger partial charge in [-0.1, -0.05) is 12.1 Å². The first-order valence-corrected chi connectivity index (χ1v) is 9.60. The molecular formula is C18H18BrNO3S. The summed E-state index contributed by atoms with van der Waals surface area (Å²) in [6, 6.07) is 7.23. The quantitative estimate of drug-likeness (QED) is 0.739. The first-order chi connectivity index (χ1) is 11.6. The zero-order chi connectivity index (χ0) is 17.1. The van der Waals surface area contributed by atoms with E-state index in [1.54, 1.807) is 13.0 Å². The molecule has 0 fully saturated rings. The lowest BCUT2D eigenvalue weighted by atomic mass is 9.95. The highest BCUT2D eigenvalue weighted by molar-refractivity contribution is 9.10. The molecule has 6 heteroatoms. The van der Waals surface area contributed by atoms with Crippen molar-refractivity contribution in [1.29, 1.82) is 0 Å². The summed E-state index contributed by atoms with van der Waals surface area (Å²) in [5.41, 5.74) is 2.13. The Kier molecular flexibility index (Phi) is 5.36. The molecule has 1 aromatic carbocycles. The van der Waals surface area contributed by atoms with Crippen LogP contribution in [0.4, 0.5) is 5.00 Å². The molecule has 126 valence electrons. The minimum absolute atomic E-state index is 0.230. The van der Waals surface area contributed by atoms with Crippen LogP contribution < -0.4 is 5.32 Å². The second-order valence-corrected chi connectivity index (χ2v) is 7.53. The third-order valence-electron chi connectivity index (χ3n) is 4.00. The first-order valence-electron chi connectivity index (χ1n) is 7.99. The monoisotopic (exact) mass is 407 g/mol. The summed E-state index contributed by atoms with van der Waals surface area (Å²) in [4.78, 5) is 26.2. The lowest BCUT2D eigenvalue weighted by Crippen LogP contribution is -2.16. The third-order valence-corrected chi connectivity index (χ3v) is 5.90. The number of rotatable bonds is 4. The summed E-state index contributed by atoms with van der Waals surface area (Å²) >= 11 is 4.89. The fraction of sp³-hybridized carbons (Fsp3) is 0.333. The van der Waals surface area contributed by atoms with Gasteiger partial charge in [-0.05, 0) is 66.2 Å². The molecule has 1 N–H and O–H groups in total. The van der Waals surface area contributed by atoms with Crippen LogP contribution >= 0.6 is 27.3 Å². The smallest absolute Gasteiger partial charge is 0.341 e. The third kappa shape index (κ3) is 3.39. The Morgan fingerprint density at radius 2 is 2.00 bits per heavy atom. The average Bonchev–Trinajstić information content (AvgIpc) is 2.93. The normalized spacial score (nSPS) is 13.2. The second-order valence-electron chi connectivity index (χ2n) is 5.57. The number of hydrogen-bond donors (Lipinski definition) is 1. The predicted octanol–water partition coefficient (Wildman–Crippen LogP) is 4.82. The molecule has 0 unspecified atom stereocenters. The zero-order valence-electron chi connectivity index (χ0n) is 13.4. The molecule has 1 heterocycles. The predicted molar refractivity (Wildman–Crippen MR) is 99.0 cm³/mol. The largest absolute Gasteiger partial charge is 0.462 e. The van der Waals surface area contributed by atoms with Crippen LogP contribution in [-0.2, 0) is 17.6 Å². The van der Waals surface area contributed by atoms with E-state index in [0.29, 0.717) is 22.7 Å². The summed E-state index contributed by atoms with van der Waals surface area (Å²) in [6.45, 7) is 2.11. The molecular weight excluding hydrogens is 390 g/mol. The first kappa shape index (κ1) is 17.2. The maximum Gasteiger partial charge on any atom is 0.341 e. The van der Waals surface area contributed by atoms with E-state index in [0.717, 1.165) is 35.7 Å². The highest BCUT2D eigenvalue weighted by atomic mass is 79.9. The Labute approximate surface area is 153 Å². The Hall–Kier alpha value is -1.66. The number of thiophene rings is 1. The maximum absolute atomic E-state index is 12.6. The molecule has 0 bridgehead atoms. The number of fused-ring (bicyclic) bond motifs is 1. The summed E-state index contributed by atoms with van der Waals surface area (Å²) < 4.78 is 5.93. The lowest BCUT2D eigenvalue weighted by molar-refractivity contribution is 0.0526. The molecule has 24 heavy (non-hydrogen) atoms. The van der Waals surface area contributed by atoms with Crippen LogP contribution in [-0.4, -0.2) is 18.5 Å². The number of esters is 1. The van der Waals surface area contributed by atoms with Crippen LogP contribution in [0.15, 0.2) is 28.7 Å². The molecule has 0 radical (unpaired) electrons. The molecule has 0 spiro atoms. The van der Waals surface area contributed by atoms with E-state index in [1.807, 2.05) is 18.2 Å². The zero-order valence-corrected chi connectivity index (χ0v) is 15.8. The van der Waals surface area contributed by atoms with Crippen molar-refractivity contribution in [3.8, 4) is 0 Å². The Balaban J connectivity index is 1.95. The molecule has 1 aromatic heterocycles. The summed E-state index contributed by atoms with van der Waals surface area (Å²) in [5.74, 6) is -0.578. The Morgan fingerprint density at radius 3 is 2.75 bits per heavy atom. The number of carbonyl (C=O) groups is 2. The lowest BCUT2D eigenvalue weighted by Gasteiger charge is -2.12. The minimum atomic E-state index is -0.348. The van der Waals surface area contributed by atoms with Gasteiger partial charge in [0.1, 0.15) is 5.00 Å². The van der Waals surface area contributed by atoms with Crippen molar-refractivity contribution in [3.63, 3.8) is 0 Å². The summed E-state index contributed by atoms with van der Waals surface area (Å²) in [5, 5.41) is 3.51. The van der Waals surface area contributed by atoms with E-state index in [2.05, 4.69) is 21.2 Å². The van der Waals surface area contributed by atoms with Gasteiger partial charge in [0, 0.05) is 9.35 Å².